The molecular formula is C16H20O2. The minimum absolute atomic E-state index is 0.0792. The lowest BCUT2D eigenvalue weighted by molar-refractivity contribution is -0.122. The zero-order valence-electron chi connectivity index (χ0n) is 10.7. The first kappa shape index (κ1) is 11.8. The van der Waals surface area contributed by atoms with Gasteiger partial charge >= 0.3 is 0 Å². The quantitative estimate of drug-likeness (QED) is 0.810. The lowest BCUT2D eigenvalue weighted by atomic mass is 9.85. The SMILES string of the molecule is O=C(CC1CCCC1)C1CCOc2ccccc21. The van der Waals surface area contributed by atoms with Gasteiger partial charge in [0.15, 0.2) is 0 Å². The van der Waals surface area contributed by atoms with E-state index < -0.39 is 0 Å². The molecule has 0 spiro atoms. The lowest BCUT2D eigenvalue weighted by Crippen LogP contribution is -2.22. The summed E-state index contributed by atoms with van der Waals surface area (Å²) in [4.78, 5) is 12.5. The number of Topliss-reactive ketones (excluding diaryl/α,β-unsaturated/α-hetero) is 1. The number of para-hydroxylation sites is 1. The van der Waals surface area contributed by atoms with Crippen molar-refractivity contribution in [3.8, 4) is 5.75 Å². The smallest absolute Gasteiger partial charge is 0.140 e. The number of carbonyl (C=O) groups excluding carboxylic acids is 1. The number of ketones is 1. The number of fused-ring (bicyclic) bond motifs is 1. The maximum Gasteiger partial charge on any atom is 0.140 e. The summed E-state index contributed by atoms with van der Waals surface area (Å²) in [6, 6.07) is 8.00. The third-order valence-electron chi connectivity index (χ3n) is 4.31. The van der Waals surface area contributed by atoms with Crippen LogP contribution < -0.4 is 4.74 Å². The van der Waals surface area contributed by atoms with Gasteiger partial charge in [0.05, 0.1) is 6.61 Å². The van der Waals surface area contributed by atoms with Crippen molar-refractivity contribution in [3.05, 3.63) is 29.8 Å². The second-order valence-electron chi connectivity index (χ2n) is 5.55. The average Bonchev–Trinajstić information content (AvgIpc) is 2.91. The van der Waals surface area contributed by atoms with Crippen molar-refractivity contribution in [1.82, 2.24) is 0 Å². The molecule has 18 heavy (non-hydrogen) atoms. The summed E-state index contributed by atoms with van der Waals surface area (Å²) in [7, 11) is 0. The van der Waals surface area contributed by atoms with Gasteiger partial charge < -0.3 is 4.74 Å². The van der Waals surface area contributed by atoms with Crippen LogP contribution in [-0.4, -0.2) is 12.4 Å². The Hall–Kier alpha value is -1.31. The molecule has 1 aromatic rings. The molecule has 0 N–H and O–H groups in total. The Morgan fingerprint density at radius 2 is 1.94 bits per heavy atom. The zero-order chi connectivity index (χ0) is 12.4. The summed E-state index contributed by atoms with van der Waals surface area (Å²) in [5.41, 5.74) is 1.10. The molecule has 1 aliphatic carbocycles. The van der Waals surface area contributed by atoms with Crippen LogP contribution >= 0.6 is 0 Å². The van der Waals surface area contributed by atoms with E-state index in [1.807, 2.05) is 24.3 Å². The maximum atomic E-state index is 12.5. The van der Waals surface area contributed by atoms with Gasteiger partial charge in [0.25, 0.3) is 0 Å². The monoisotopic (exact) mass is 244 g/mol. The Bertz CT molecular complexity index is 432. The van der Waals surface area contributed by atoms with E-state index in [9.17, 15) is 4.79 Å². The molecule has 1 atom stereocenters. The molecule has 2 heteroatoms. The summed E-state index contributed by atoms with van der Waals surface area (Å²) >= 11 is 0. The molecule has 0 radical (unpaired) electrons. The van der Waals surface area contributed by atoms with Gasteiger partial charge in [0, 0.05) is 17.9 Å². The number of benzene rings is 1. The summed E-state index contributed by atoms with van der Waals surface area (Å²) < 4.78 is 5.62. The van der Waals surface area contributed by atoms with E-state index >= 15 is 0 Å². The van der Waals surface area contributed by atoms with Gasteiger partial charge in [0.2, 0.25) is 0 Å². The minimum atomic E-state index is 0.0792. The Morgan fingerprint density at radius 3 is 2.78 bits per heavy atom. The first-order valence-electron chi connectivity index (χ1n) is 7.09. The molecule has 3 rings (SSSR count). The molecule has 1 fully saturated rings. The van der Waals surface area contributed by atoms with Gasteiger partial charge in [0.1, 0.15) is 11.5 Å². The highest BCUT2D eigenvalue weighted by molar-refractivity contribution is 5.87. The van der Waals surface area contributed by atoms with Crippen molar-refractivity contribution in [2.24, 2.45) is 5.92 Å². The number of ether oxygens (including phenoxy) is 1. The van der Waals surface area contributed by atoms with Gasteiger partial charge in [-0.3, -0.25) is 4.79 Å². The highest BCUT2D eigenvalue weighted by atomic mass is 16.5. The molecule has 0 amide bonds. The van der Waals surface area contributed by atoms with Crippen LogP contribution in [0.3, 0.4) is 0 Å². The molecule has 0 saturated heterocycles. The van der Waals surface area contributed by atoms with Crippen molar-refractivity contribution >= 4 is 5.78 Å². The molecule has 2 aliphatic rings. The van der Waals surface area contributed by atoms with Crippen LogP contribution in [0, 0.1) is 5.92 Å². The van der Waals surface area contributed by atoms with Gasteiger partial charge in [-0.25, -0.2) is 0 Å². The van der Waals surface area contributed by atoms with Gasteiger partial charge in [-0.1, -0.05) is 43.9 Å². The van der Waals surface area contributed by atoms with Gasteiger partial charge in [-0.2, -0.15) is 0 Å². The fraction of sp³-hybridized carbons (Fsp3) is 0.562. The highest BCUT2D eigenvalue weighted by Gasteiger charge is 2.29. The standard InChI is InChI=1S/C16H20O2/c17-15(11-12-5-1-2-6-12)13-9-10-18-16-8-4-3-7-14(13)16/h3-4,7-8,12-13H,1-2,5-6,9-11H2. The largest absolute Gasteiger partial charge is 0.493 e. The normalized spacial score (nSPS) is 23.4. The van der Waals surface area contributed by atoms with Crippen molar-refractivity contribution in [2.75, 3.05) is 6.61 Å². The maximum absolute atomic E-state index is 12.5. The number of hydrogen-bond donors (Lipinski definition) is 0. The molecule has 1 saturated carbocycles. The van der Waals surface area contributed by atoms with Gasteiger partial charge in [-0.05, 0) is 18.4 Å². The van der Waals surface area contributed by atoms with Crippen molar-refractivity contribution in [3.63, 3.8) is 0 Å². The van der Waals surface area contributed by atoms with Crippen LogP contribution in [0.4, 0.5) is 0 Å². The number of rotatable bonds is 3. The zero-order valence-corrected chi connectivity index (χ0v) is 10.7. The topological polar surface area (TPSA) is 26.3 Å². The second-order valence-corrected chi connectivity index (χ2v) is 5.55. The Balaban J connectivity index is 1.74. The van der Waals surface area contributed by atoms with Crippen LogP contribution in [0.25, 0.3) is 0 Å². The lowest BCUT2D eigenvalue weighted by Gasteiger charge is -2.25. The minimum Gasteiger partial charge on any atom is -0.493 e. The summed E-state index contributed by atoms with van der Waals surface area (Å²) in [5, 5.41) is 0. The molecule has 2 nitrogen and oxygen atoms in total. The van der Waals surface area contributed by atoms with Crippen LogP contribution in [-0.2, 0) is 4.79 Å². The Labute approximate surface area is 108 Å². The molecule has 1 heterocycles. The van der Waals surface area contributed by atoms with E-state index in [-0.39, 0.29) is 5.92 Å². The Kier molecular flexibility index (Phi) is 3.35. The van der Waals surface area contributed by atoms with Crippen LogP contribution in [0.5, 0.6) is 5.75 Å². The third-order valence-corrected chi connectivity index (χ3v) is 4.31. The number of carbonyl (C=O) groups is 1. The molecule has 96 valence electrons. The third kappa shape index (κ3) is 2.29. The summed E-state index contributed by atoms with van der Waals surface area (Å²) in [6.07, 6.45) is 6.74. The van der Waals surface area contributed by atoms with Crippen molar-refractivity contribution in [1.29, 1.82) is 0 Å². The predicted molar refractivity (Wildman–Crippen MR) is 70.9 cm³/mol. The first-order valence-corrected chi connectivity index (χ1v) is 7.09. The van der Waals surface area contributed by atoms with Gasteiger partial charge in [-0.15, -0.1) is 0 Å². The molecule has 0 bridgehead atoms. The first-order chi connectivity index (χ1) is 8.84. The molecule has 1 aromatic carbocycles. The predicted octanol–water partition coefficient (Wildman–Crippen LogP) is 3.70. The average molecular weight is 244 g/mol. The fourth-order valence-electron chi connectivity index (χ4n) is 3.32. The van der Waals surface area contributed by atoms with Crippen LogP contribution in [0.1, 0.15) is 50.0 Å². The highest BCUT2D eigenvalue weighted by Crippen LogP contribution is 2.37. The number of hydrogen-bond acceptors (Lipinski definition) is 2. The summed E-state index contributed by atoms with van der Waals surface area (Å²) in [6.45, 7) is 0.679. The molecule has 1 unspecified atom stereocenters. The summed E-state index contributed by atoms with van der Waals surface area (Å²) in [5.74, 6) is 2.06. The van der Waals surface area contributed by atoms with E-state index in [1.54, 1.807) is 0 Å². The fourth-order valence-corrected chi connectivity index (χ4v) is 3.32. The van der Waals surface area contributed by atoms with Crippen molar-refractivity contribution in [2.45, 2.75) is 44.4 Å². The van der Waals surface area contributed by atoms with E-state index in [4.69, 9.17) is 4.74 Å². The van der Waals surface area contributed by atoms with Crippen LogP contribution in [0.15, 0.2) is 24.3 Å². The molecular weight excluding hydrogens is 224 g/mol. The van der Waals surface area contributed by atoms with E-state index in [1.165, 1.54) is 25.7 Å². The van der Waals surface area contributed by atoms with Crippen LogP contribution in [0.2, 0.25) is 0 Å². The second kappa shape index (κ2) is 5.13. The van der Waals surface area contributed by atoms with E-state index in [2.05, 4.69) is 0 Å². The Morgan fingerprint density at radius 1 is 1.17 bits per heavy atom. The molecule has 1 aliphatic heterocycles. The molecule has 0 aromatic heterocycles. The van der Waals surface area contributed by atoms with Crippen molar-refractivity contribution < 1.29 is 9.53 Å². The van der Waals surface area contributed by atoms with E-state index in [0.29, 0.717) is 18.3 Å². The van der Waals surface area contributed by atoms with E-state index in [0.717, 1.165) is 24.2 Å².